The van der Waals surface area contributed by atoms with Gasteiger partial charge in [0.15, 0.2) is 11.5 Å². The van der Waals surface area contributed by atoms with Gasteiger partial charge in [-0.25, -0.2) is 4.99 Å². The zero-order valence-corrected chi connectivity index (χ0v) is 39.8. The minimum atomic E-state index is -2.07. The summed E-state index contributed by atoms with van der Waals surface area (Å²) in [5.41, 5.74) is -0.622. The molecule has 0 fully saturated rings. The van der Waals surface area contributed by atoms with Crippen LogP contribution in [0.1, 0.15) is 81.6 Å². The van der Waals surface area contributed by atoms with Crippen LogP contribution in [0.5, 0.6) is 28.7 Å². The van der Waals surface area contributed by atoms with Gasteiger partial charge in [0.1, 0.15) is 53.2 Å². The first-order valence-corrected chi connectivity index (χ1v) is 22.2. The standard InChI is InChI=1S/C49H63N3O15/c1-23-13-12-14-24(2)48(60)51-39-43(58)35-34(38-46(39)66-33-22-30(21-31(54)37(33)50-38)63-20-19-62-18-16-52(9)10)36-45(28(6)42(35)57)67-49(8,47(36)59)64-17-15-32(61-11)25(3)44(65-29(7)53)27(5)41(56)26(4)40(23)55/h12-15,17,21-23,25-27,32,40-41,43-44,54-58H,16,18-20H2,1-11H3,(H,51,60)/b13-12+,17-15+,24-14-/t23-,25+,26+,27+,32-,40-,41+,43?,44+,49-/m0/s1. The molecule has 10 atom stereocenters. The summed E-state index contributed by atoms with van der Waals surface area (Å²) in [6.45, 7) is 14.1. The molecular weight excluding hydrogens is 871 g/mol. The SMILES string of the molecule is CO[C@H]1/C=C/O[C@@]2(C)Oc3c(C)c(O)c4c(c3C2=O)C2=Nc3c(O)cc(OCCOCCN(C)C)cc3OC2=C(NC(=O)/C(C)=C\C=C\[C@H](C)[C@H](O)[C@@H](C)[C@@H](O)[C@@H](C)[C@H](OC(C)=O)[C@@H]1C)C4O. The van der Waals surface area contributed by atoms with Gasteiger partial charge in [-0.15, -0.1) is 0 Å². The molecule has 2 aromatic carbocycles. The van der Waals surface area contributed by atoms with E-state index in [9.17, 15) is 39.9 Å². The van der Waals surface area contributed by atoms with Crippen LogP contribution >= 0.6 is 0 Å². The molecule has 4 aliphatic rings. The number of ketones is 1. The Morgan fingerprint density at radius 2 is 1.67 bits per heavy atom. The Morgan fingerprint density at radius 1 is 0.955 bits per heavy atom. The molecule has 1 amide bonds. The van der Waals surface area contributed by atoms with Gasteiger partial charge in [-0.05, 0) is 34.0 Å². The molecule has 0 radical (unpaired) electrons. The van der Waals surface area contributed by atoms with E-state index >= 15 is 0 Å². The van der Waals surface area contributed by atoms with Crippen LogP contribution in [0.2, 0.25) is 0 Å². The number of aliphatic hydroxyl groups excluding tert-OH is 3. The number of aliphatic hydroxyl groups is 3. The number of carbonyl (C=O) groups is 3. The highest BCUT2D eigenvalue weighted by atomic mass is 16.7. The normalized spacial score (nSPS) is 30.4. The molecule has 1 aliphatic carbocycles. The van der Waals surface area contributed by atoms with Gasteiger partial charge in [0.2, 0.25) is 0 Å². The molecule has 18 heteroatoms. The molecule has 0 aromatic heterocycles. The second kappa shape index (κ2) is 20.6. The molecule has 0 saturated heterocycles. The molecule has 6 rings (SSSR count). The lowest BCUT2D eigenvalue weighted by molar-refractivity contribution is -0.160. The fourth-order valence-electron chi connectivity index (χ4n) is 8.67. The minimum Gasteiger partial charge on any atom is -0.507 e. The van der Waals surface area contributed by atoms with Crippen LogP contribution in [0.4, 0.5) is 5.69 Å². The predicted molar refractivity (Wildman–Crippen MR) is 244 cm³/mol. The third-order valence-electron chi connectivity index (χ3n) is 12.7. The summed E-state index contributed by atoms with van der Waals surface area (Å²) in [5.74, 6) is -7.58. The Balaban J connectivity index is 1.49. The quantitative estimate of drug-likeness (QED) is 0.146. The van der Waals surface area contributed by atoms with Crippen molar-refractivity contribution in [3.8, 4) is 28.7 Å². The summed E-state index contributed by atoms with van der Waals surface area (Å²) < 4.78 is 41.8. The number of rotatable bonds is 9. The van der Waals surface area contributed by atoms with E-state index in [0.717, 1.165) is 0 Å². The first kappa shape index (κ1) is 50.6. The lowest BCUT2D eigenvalue weighted by Crippen LogP contribution is -2.46. The van der Waals surface area contributed by atoms with E-state index in [0.29, 0.717) is 13.2 Å². The number of phenols is 2. The van der Waals surface area contributed by atoms with Crippen molar-refractivity contribution >= 4 is 29.1 Å². The molecule has 18 nitrogen and oxygen atoms in total. The topological polar surface area (TPSA) is 245 Å². The highest BCUT2D eigenvalue weighted by Gasteiger charge is 2.53. The molecule has 3 aliphatic heterocycles. The molecule has 2 aromatic rings. The lowest BCUT2D eigenvalue weighted by Gasteiger charge is -2.38. The number of Topliss-reactive ketones (excluding diaryl/α,β-unsaturated/α-hetero) is 1. The van der Waals surface area contributed by atoms with Gasteiger partial charge < -0.3 is 68.9 Å². The first-order chi connectivity index (χ1) is 31.6. The number of esters is 1. The van der Waals surface area contributed by atoms with Crippen molar-refractivity contribution in [2.75, 3.05) is 47.6 Å². The number of hydrogen-bond acceptors (Lipinski definition) is 17. The number of fused-ring (bicyclic) bond motifs is 4. The average Bonchev–Trinajstić information content (AvgIpc) is 3.54. The number of carbonyl (C=O) groups excluding carboxylic acids is 3. The smallest absolute Gasteiger partial charge is 0.312 e. The summed E-state index contributed by atoms with van der Waals surface area (Å²) in [4.78, 5) is 47.9. The molecule has 6 N–H and O–H groups in total. The monoisotopic (exact) mass is 933 g/mol. The number of nitrogens with one attached hydrogen (secondary N) is 1. The Labute approximate surface area is 390 Å². The van der Waals surface area contributed by atoms with Crippen LogP contribution in [0, 0.1) is 30.6 Å². The number of allylic oxidation sites excluding steroid dienone is 3. The number of benzene rings is 2. The zero-order chi connectivity index (χ0) is 49.2. The maximum absolute atomic E-state index is 14.8. The molecular formula is C49H63N3O15. The number of hydrogen-bond donors (Lipinski definition) is 6. The highest BCUT2D eigenvalue weighted by molar-refractivity contribution is 6.25. The van der Waals surface area contributed by atoms with Gasteiger partial charge in [0, 0.05) is 85.6 Å². The number of nitrogens with zero attached hydrogens (tertiary/aromatic N) is 2. The lowest BCUT2D eigenvalue weighted by atomic mass is 9.78. The van der Waals surface area contributed by atoms with Crippen LogP contribution in [0.15, 0.2) is 64.7 Å². The number of methoxy groups -OCH3 is 1. The number of aromatic hydroxyl groups is 2. The van der Waals surface area contributed by atoms with Gasteiger partial charge in [-0.2, -0.15) is 0 Å². The van der Waals surface area contributed by atoms with E-state index in [1.807, 2.05) is 19.0 Å². The summed E-state index contributed by atoms with van der Waals surface area (Å²) in [7, 11) is 5.29. The van der Waals surface area contributed by atoms with Crippen molar-refractivity contribution in [2.24, 2.45) is 28.7 Å². The number of aliphatic imine (C=N–C) groups is 1. The van der Waals surface area contributed by atoms with Gasteiger partial charge >= 0.3 is 11.8 Å². The Morgan fingerprint density at radius 3 is 2.34 bits per heavy atom. The molecule has 0 spiro atoms. The Bertz CT molecular complexity index is 2410. The van der Waals surface area contributed by atoms with E-state index in [2.05, 4.69) is 5.32 Å². The van der Waals surface area contributed by atoms with Crippen molar-refractivity contribution in [3.05, 3.63) is 82.0 Å². The van der Waals surface area contributed by atoms with Gasteiger partial charge in [-0.3, -0.25) is 14.4 Å². The molecule has 67 heavy (non-hydrogen) atoms. The second-order valence-corrected chi connectivity index (χ2v) is 17.9. The predicted octanol–water partition coefficient (Wildman–Crippen LogP) is 4.80. The van der Waals surface area contributed by atoms with Crippen LogP contribution < -0.4 is 19.5 Å². The number of likely N-dealkylation sites (N-methyl/N-ethyl adjacent to an activating group) is 1. The van der Waals surface area contributed by atoms with E-state index in [1.165, 1.54) is 65.4 Å². The van der Waals surface area contributed by atoms with E-state index in [1.54, 1.807) is 39.8 Å². The molecule has 5 bridgehead atoms. The van der Waals surface area contributed by atoms with Crippen LogP contribution in [0.3, 0.4) is 0 Å². The Hall–Kier alpha value is -5.76. The van der Waals surface area contributed by atoms with Gasteiger partial charge in [0.25, 0.3) is 11.7 Å². The zero-order valence-electron chi connectivity index (χ0n) is 39.8. The first-order valence-electron chi connectivity index (χ1n) is 22.2. The van der Waals surface area contributed by atoms with Crippen LogP contribution in [-0.2, 0) is 28.5 Å². The summed E-state index contributed by atoms with van der Waals surface area (Å²) >= 11 is 0. The third-order valence-corrected chi connectivity index (χ3v) is 12.7. The molecule has 3 heterocycles. The Kier molecular flexibility index (Phi) is 15.6. The molecule has 0 saturated carbocycles. The van der Waals surface area contributed by atoms with Crippen molar-refractivity contribution in [3.63, 3.8) is 0 Å². The highest BCUT2D eigenvalue weighted by Crippen LogP contribution is 2.54. The third kappa shape index (κ3) is 10.2. The minimum absolute atomic E-state index is 0.0129. The van der Waals surface area contributed by atoms with Gasteiger partial charge in [0.05, 0.1) is 49.0 Å². The number of ether oxygens (including phenoxy) is 7. The van der Waals surface area contributed by atoms with Crippen molar-refractivity contribution in [1.29, 1.82) is 0 Å². The summed E-state index contributed by atoms with van der Waals surface area (Å²) in [5, 5.41) is 61.2. The van der Waals surface area contributed by atoms with Crippen molar-refractivity contribution < 1.29 is 73.1 Å². The fraction of sp³-hybridized carbons (Fsp3) is 0.510. The second-order valence-electron chi connectivity index (χ2n) is 17.9. The maximum Gasteiger partial charge on any atom is 0.312 e. The number of amides is 1. The van der Waals surface area contributed by atoms with Crippen LogP contribution in [-0.4, -0.2) is 132 Å². The van der Waals surface area contributed by atoms with E-state index < -0.39 is 83.4 Å². The summed E-state index contributed by atoms with van der Waals surface area (Å²) in [6.07, 6.45) is 1.66. The number of phenolic OH excluding ortho intramolecular Hbond substituents is 2. The van der Waals surface area contributed by atoms with Crippen molar-refractivity contribution in [1.82, 2.24) is 10.2 Å². The molecule has 364 valence electrons. The fourth-order valence-corrected chi connectivity index (χ4v) is 8.67. The van der Waals surface area contributed by atoms with E-state index in [4.69, 9.17) is 38.2 Å². The largest absolute Gasteiger partial charge is 0.507 e. The molecule has 1 unspecified atom stereocenters. The maximum atomic E-state index is 14.8. The van der Waals surface area contributed by atoms with Crippen molar-refractivity contribution in [2.45, 2.75) is 91.7 Å². The van der Waals surface area contributed by atoms with Gasteiger partial charge in [-0.1, -0.05) is 45.9 Å². The average molecular weight is 934 g/mol. The summed E-state index contributed by atoms with van der Waals surface area (Å²) in [6, 6.07) is 2.81. The van der Waals surface area contributed by atoms with E-state index in [-0.39, 0.29) is 86.9 Å². The van der Waals surface area contributed by atoms with Crippen LogP contribution in [0.25, 0.3) is 0 Å².